The SMILES string of the molecule is COC1Cc2ccc3ccccc3c2C1=O. The first kappa shape index (κ1) is 9.55. The first-order chi connectivity index (χ1) is 7.81. The van der Waals surface area contributed by atoms with Crippen molar-refractivity contribution in [1.29, 1.82) is 0 Å². The van der Waals surface area contributed by atoms with Crippen molar-refractivity contribution in [3.8, 4) is 0 Å². The second kappa shape index (κ2) is 3.42. The molecule has 0 aromatic heterocycles. The quantitative estimate of drug-likeness (QED) is 0.726. The molecule has 2 aromatic carbocycles. The average molecular weight is 212 g/mol. The lowest BCUT2D eigenvalue weighted by Crippen LogP contribution is -2.17. The summed E-state index contributed by atoms with van der Waals surface area (Å²) in [6, 6.07) is 12.1. The third-order valence-corrected chi connectivity index (χ3v) is 3.24. The van der Waals surface area contributed by atoms with Crippen LogP contribution in [0.5, 0.6) is 0 Å². The second-order valence-electron chi connectivity index (χ2n) is 4.11. The number of fused-ring (bicyclic) bond motifs is 3. The zero-order valence-corrected chi connectivity index (χ0v) is 9.07. The van der Waals surface area contributed by atoms with Crippen molar-refractivity contribution in [3.63, 3.8) is 0 Å². The molecule has 0 heterocycles. The van der Waals surface area contributed by atoms with Crippen molar-refractivity contribution >= 4 is 16.6 Å². The lowest BCUT2D eigenvalue weighted by molar-refractivity contribution is 0.0648. The number of ether oxygens (including phenoxy) is 1. The van der Waals surface area contributed by atoms with Gasteiger partial charge in [0.25, 0.3) is 0 Å². The van der Waals surface area contributed by atoms with Crippen molar-refractivity contribution in [3.05, 3.63) is 47.5 Å². The van der Waals surface area contributed by atoms with Crippen LogP contribution in [0.2, 0.25) is 0 Å². The third-order valence-electron chi connectivity index (χ3n) is 3.24. The van der Waals surface area contributed by atoms with Gasteiger partial charge in [-0.25, -0.2) is 0 Å². The second-order valence-corrected chi connectivity index (χ2v) is 4.11. The number of hydrogen-bond acceptors (Lipinski definition) is 2. The maximum absolute atomic E-state index is 12.1. The average Bonchev–Trinajstić information content (AvgIpc) is 2.66. The summed E-state index contributed by atoms with van der Waals surface area (Å²) in [4.78, 5) is 12.1. The van der Waals surface area contributed by atoms with E-state index in [4.69, 9.17) is 4.74 Å². The van der Waals surface area contributed by atoms with Crippen LogP contribution in [-0.4, -0.2) is 19.0 Å². The van der Waals surface area contributed by atoms with Crippen molar-refractivity contribution in [1.82, 2.24) is 0 Å². The van der Waals surface area contributed by atoms with Crippen LogP contribution in [0.4, 0.5) is 0 Å². The zero-order chi connectivity index (χ0) is 11.1. The molecule has 1 aliphatic rings. The van der Waals surface area contributed by atoms with Crippen LogP contribution < -0.4 is 0 Å². The molecule has 2 aromatic rings. The predicted octanol–water partition coefficient (Wildman–Crippen LogP) is 2.59. The highest BCUT2D eigenvalue weighted by molar-refractivity contribution is 6.13. The van der Waals surface area contributed by atoms with E-state index >= 15 is 0 Å². The Balaban J connectivity index is 2.30. The van der Waals surface area contributed by atoms with Gasteiger partial charge >= 0.3 is 0 Å². The number of methoxy groups -OCH3 is 1. The van der Waals surface area contributed by atoms with Gasteiger partial charge in [-0.15, -0.1) is 0 Å². The Morgan fingerprint density at radius 1 is 1.19 bits per heavy atom. The topological polar surface area (TPSA) is 26.3 Å². The Bertz CT molecular complexity index is 572. The molecule has 0 spiro atoms. The molecule has 0 saturated carbocycles. The minimum Gasteiger partial charge on any atom is -0.373 e. The molecule has 0 fully saturated rings. The van der Waals surface area contributed by atoms with E-state index in [2.05, 4.69) is 6.07 Å². The van der Waals surface area contributed by atoms with Gasteiger partial charge in [0.15, 0.2) is 5.78 Å². The van der Waals surface area contributed by atoms with Crippen molar-refractivity contribution in [2.45, 2.75) is 12.5 Å². The molecular weight excluding hydrogens is 200 g/mol. The number of benzene rings is 2. The molecule has 0 saturated heterocycles. The molecule has 80 valence electrons. The normalized spacial score (nSPS) is 19.1. The lowest BCUT2D eigenvalue weighted by atomic mass is 10.0. The van der Waals surface area contributed by atoms with Gasteiger partial charge in [0.1, 0.15) is 6.10 Å². The number of carbonyl (C=O) groups is 1. The molecule has 0 aliphatic heterocycles. The summed E-state index contributed by atoms with van der Waals surface area (Å²) in [6.07, 6.45) is 0.413. The molecule has 1 unspecified atom stereocenters. The molecule has 0 amide bonds. The summed E-state index contributed by atoms with van der Waals surface area (Å²) < 4.78 is 5.21. The van der Waals surface area contributed by atoms with Gasteiger partial charge in [-0.1, -0.05) is 36.4 Å². The van der Waals surface area contributed by atoms with E-state index in [9.17, 15) is 4.79 Å². The number of ketones is 1. The van der Waals surface area contributed by atoms with Gasteiger partial charge in [0, 0.05) is 19.1 Å². The van der Waals surface area contributed by atoms with E-state index < -0.39 is 0 Å². The van der Waals surface area contributed by atoms with Crippen LogP contribution in [-0.2, 0) is 11.2 Å². The molecule has 16 heavy (non-hydrogen) atoms. The summed E-state index contributed by atoms with van der Waals surface area (Å²) in [5.74, 6) is 0.120. The molecule has 1 aliphatic carbocycles. The van der Waals surface area contributed by atoms with Gasteiger partial charge < -0.3 is 4.74 Å². The Morgan fingerprint density at radius 2 is 2.00 bits per heavy atom. The van der Waals surface area contributed by atoms with E-state index in [1.165, 1.54) is 0 Å². The standard InChI is InChI=1S/C14H12O2/c1-16-12-8-10-7-6-9-4-2-3-5-11(9)13(10)14(12)15/h2-7,12H,8H2,1H3. The lowest BCUT2D eigenvalue weighted by Gasteiger charge is -2.04. The van der Waals surface area contributed by atoms with Crippen LogP contribution >= 0.6 is 0 Å². The van der Waals surface area contributed by atoms with Crippen molar-refractivity contribution < 1.29 is 9.53 Å². The van der Waals surface area contributed by atoms with E-state index in [0.29, 0.717) is 6.42 Å². The molecular formula is C14H12O2. The third kappa shape index (κ3) is 1.20. The minimum atomic E-state index is -0.291. The van der Waals surface area contributed by atoms with Crippen LogP contribution in [0.3, 0.4) is 0 Å². The molecule has 1 atom stereocenters. The van der Waals surface area contributed by atoms with E-state index in [1.807, 2.05) is 30.3 Å². The monoisotopic (exact) mass is 212 g/mol. The maximum atomic E-state index is 12.1. The largest absolute Gasteiger partial charge is 0.373 e. The predicted molar refractivity (Wildman–Crippen MR) is 62.8 cm³/mol. The molecule has 2 nitrogen and oxygen atoms in total. The Kier molecular flexibility index (Phi) is 2.04. The summed E-state index contributed by atoms with van der Waals surface area (Å²) in [5, 5.41) is 2.16. The fourth-order valence-corrected chi connectivity index (χ4v) is 2.42. The Hall–Kier alpha value is -1.67. The van der Waals surface area contributed by atoms with E-state index in [1.54, 1.807) is 7.11 Å². The van der Waals surface area contributed by atoms with Gasteiger partial charge in [-0.05, 0) is 16.3 Å². The number of Topliss-reactive ketones (excluding diaryl/α,β-unsaturated/α-hetero) is 1. The smallest absolute Gasteiger partial charge is 0.192 e. The van der Waals surface area contributed by atoms with Crippen LogP contribution in [0, 0.1) is 0 Å². The summed E-state index contributed by atoms with van der Waals surface area (Å²) >= 11 is 0. The molecule has 0 radical (unpaired) electrons. The number of rotatable bonds is 1. The van der Waals surface area contributed by atoms with Gasteiger partial charge in [-0.2, -0.15) is 0 Å². The maximum Gasteiger partial charge on any atom is 0.192 e. The Labute approximate surface area is 93.8 Å². The molecule has 0 bridgehead atoms. The van der Waals surface area contributed by atoms with Crippen molar-refractivity contribution in [2.75, 3.05) is 7.11 Å². The highest BCUT2D eigenvalue weighted by Crippen LogP contribution is 2.30. The van der Waals surface area contributed by atoms with Crippen LogP contribution in [0.25, 0.3) is 10.8 Å². The van der Waals surface area contributed by atoms with Crippen LogP contribution in [0.1, 0.15) is 15.9 Å². The highest BCUT2D eigenvalue weighted by Gasteiger charge is 2.31. The van der Waals surface area contributed by atoms with Crippen molar-refractivity contribution in [2.24, 2.45) is 0 Å². The number of hydrogen-bond donors (Lipinski definition) is 0. The number of carbonyl (C=O) groups excluding carboxylic acids is 1. The van der Waals surface area contributed by atoms with Crippen LogP contribution in [0.15, 0.2) is 36.4 Å². The fourth-order valence-electron chi connectivity index (χ4n) is 2.42. The summed E-state index contributed by atoms with van der Waals surface area (Å²) in [6.45, 7) is 0. The first-order valence-corrected chi connectivity index (χ1v) is 5.39. The van der Waals surface area contributed by atoms with Gasteiger partial charge in [0.05, 0.1) is 0 Å². The zero-order valence-electron chi connectivity index (χ0n) is 9.07. The summed E-state index contributed by atoms with van der Waals surface area (Å²) in [5.41, 5.74) is 1.96. The van der Waals surface area contributed by atoms with E-state index in [-0.39, 0.29) is 11.9 Å². The van der Waals surface area contributed by atoms with Gasteiger partial charge in [0.2, 0.25) is 0 Å². The molecule has 0 N–H and O–H groups in total. The van der Waals surface area contributed by atoms with E-state index in [0.717, 1.165) is 21.9 Å². The highest BCUT2D eigenvalue weighted by atomic mass is 16.5. The molecule has 3 rings (SSSR count). The Morgan fingerprint density at radius 3 is 2.81 bits per heavy atom. The molecule has 2 heteroatoms. The summed E-state index contributed by atoms with van der Waals surface area (Å²) in [7, 11) is 1.59. The first-order valence-electron chi connectivity index (χ1n) is 5.39. The van der Waals surface area contributed by atoms with Gasteiger partial charge in [-0.3, -0.25) is 4.79 Å². The fraction of sp³-hybridized carbons (Fsp3) is 0.214. The minimum absolute atomic E-state index is 0.120.